The Morgan fingerprint density at radius 2 is 2.23 bits per heavy atom. The van der Waals surface area contributed by atoms with Gasteiger partial charge in [0, 0.05) is 23.9 Å². The summed E-state index contributed by atoms with van der Waals surface area (Å²) in [7, 11) is 0. The lowest BCUT2D eigenvalue weighted by atomic mass is 9.87. The predicted molar refractivity (Wildman–Crippen MR) is 55.4 cm³/mol. The second-order valence-corrected chi connectivity index (χ2v) is 4.35. The van der Waals surface area contributed by atoms with E-state index >= 15 is 0 Å². The van der Waals surface area contributed by atoms with Gasteiger partial charge in [-0.2, -0.15) is 0 Å². The molecule has 1 aliphatic carbocycles. The standard InChI is InChI=1S/C10H13NOS/c1-6-3-8-10(9(12)4-6)7(2)5-11(8)13/h5-6,13H,3-4H2,1-2H3. The highest BCUT2D eigenvalue weighted by Gasteiger charge is 2.26. The lowest BCUT2D eigenvalue weighted by Crippen LogP contribution is -2.18. The molecule has 0 radical (unpaired) electrons. The average molecular weight is 195 g/mol. The van der Waals surface area contributed by atoms with Gasteiger partial charge in [0.2, 0.25) is 0 Å². The molecule has 1 aromatic rings. The molecule has 70 valence electrons. The lowest BCUT2D eigenvalue weighted by Gasteiger charge is -2.18. The Labute approximate surface area is 83.5 Å². The number of ketones is 1. The predicted octanol–water partition coefficient (Wildman–Crippen LogP) is 2.25. The van der Waals surface area contributed by atoms with Crippen LogP contribution in [-0.4, -0.2) is 9.76 Å². The molecule has 1 aliphatic rings. The van der Waals surface area contributed by atoms with Gasteiger partial charge in [0.15, 0.2) is 5.78 Å². The monoisotopic (exact) mass is 195 g/mol. The van der Waals surface area contributed by atoms with Crippen molar-refractivity contribution in [3.8, 4) is 0 Å². The molecule has 0 aliphatic heterocycles. The number of fused-ring (bicyclic) bond motifs is 1. The van der Waals surface area contributed by atoms with Crippen molar-refractivity contribution in [1.82, 2.24) is 3.97 Å². The number of nitrogens with zero attached hydrogens (tertiary/aromatic N) is 1. The van der Waals surface area contributed by atoms with Gasteiger partial charge in [-0.3, -0.25) is 8.77 Å². The van der Waals surface area contributed by atoms with Crippen LogP contribution in [0.5, 0.6) is 0 Å². The molecule has 1 heterocycles. The third-order valence-electron chi connectivity index (χ3n) is 2.63. The zero-order chi connectivity index (χ0) is 9.59. The van der Waals surface area contributed by atoms with E-state index in [1.54, 1.807) is 3.97 Å². The summed E-state index contributed by atoms with van der Waals surface area (Å²) >= 11 is 4.30. The largest absolute Gasteiger partial charge is 0.297 e. The van der Waals surface area contributed by atoms with E-state index in [1.807, 2.05) is 13.1 Å². The number of hydrogen-bond acceptors (Lipinski definition) is 2. The summed E-state index contributed by atoms with van der Waals surface area (Å²) in [6.45, 7) is 4.08. The van der Waals surface area contributed by atoms with Crippen LogP contribution < -0.4 is 0 Å². The third kappa shape index (κ3) is 1.31. The summed E-state index contributed by atoms with van der Waals surface area (Å²) in [5, 5.41) is 0. The molecule has 1 atom stereocenters. The minimum atomic E-state index is 0.277. The summed E-state index contributed by atoms with van der Waals surface area (Å²) in [6, 6.07) is 0. The fraction of sp³-hybridized carbons (Fsp3) is 0.500. The van der Waals surface area contributed by atoms with Crippen LogP contribution in [0.2, 0.25) is 0 Å². The van der Waals surface area contributed by atoms with Gasteiger partial charge in [-0.05, 0) is 24.8 Å². The van der Waals surface area contributed by atoms with Gasteiger partial charge in [0.25, 0.3) is 0 Å². The molecule has 1 unspecified atom stereocenters. The van der Waals surface area contributed by atoms with Crippen molar-refractivity contribution in [2.75, 3.05) is 0 Å². The highest BCUT2D eigenvalue weighted by atomic mass is 32.1. The first kappa shape index (κ1) is 8.88. The van der Waals surface area contributed by atoms with Crippen molar-refractivity contribution in [2.45, 2.75) is 26.7 Å². The summed E-state index contributed by atoms with van der Waals surface area (Å²) in [5.74, 6) is 0.735. The van der Waals surface area contributed by atoms with Crippen LogP contribution in [-0.2, 0) is 6.42 Å². The maximum absolute atomic E-state index is 11.7. The molecule has 2 nitrogen and oxygen atoms in total. The number of Topliss-reactive ketones (excluding diaryl/α,β-unsaturated/α-hetero) is 1. The smallest absolute Gasteiger partial charge is 0.165 e. The third-order valence-corrected chi connectivity index (χ3v) is 2.99. The van der Waals surface area contributed by atoms with Crippen molar-refractivity contribution in [3.05, 3.63) is 23.0 Å². The van der Waals surface area contributed by atoms with E-state index in [0.717, 1.165) is 23.2 Å². The van der Waals surface area contributed by atoms with Crippen molar-refractivity contribution < 1.29 is 4.79 Å². The van der Waals surface area contributed by atoms with E-state index in [0.29, 0.717) is 12.3 Å². The number of thiol groups is 1. The first-order valence-corrected chi connectivity index (χ1v) is 4.93. The van der Waals surface area contributed by atoms with E-state index in [1.165, 1.54) is 0 Å². The Morgan fingerprint density at radius 1 is 1.54 bits per heavy atom. The Kier molecular flexibility index (Phi) is 1.99. The number of rotatable bonds is 0. The molecule has 0 saturated carbocycles. The first-order chi connectivity index (χ1) is 6.09. The number of aromatic nitrogens is 1. The van der Waals surface area contributed by atoms with Crippen molar-refractivity contribution >= 4 is 18.6 Å². The molecule has 0 fully saturated rings. The van der Waals surface area contributed by atoms with E-state index in [2.05, 4.69) is 19.7 Å². The highest BCUT2D eigenvalue weighted by molar-refractivity contribution is 7.78. The zero-order valence-electron chi connectivity index (χ0n) is 7.87. The maximum atomic E-state index is 11.7. The van der Waals surface area contributed by atoms with Gasteiger partial charge in [-0.25, -0.2) is 0 Å². The van der Waals surface area contributed by atoms with Crippen molar-refractivity contribution in [2.24, 2.45) is 5.92 Å². The summed E-state index contributed by atoms with van der Waals surface area (Å²) < 4.78 is 1.79. The Morgan fingerprint density at radius 3 is 2.92 bits per heavy atom. The SMILES string of the molecule is Cc1cn(S)c2c1C(=O)CC(C)C2. The number of aryl methyl sites for hydroxylation is 1. The topological polar surface area (TPSA) is 22.0 Å². The van der Waals surface area contributed by atoms with Crippen molar-refractivity contribution in [1.29, 1.82) is 0 Å². The van der Waals surface area contributed by atoms with Crippen molar-refractivity contribution in [3.63, 3.8) is 0 Å². The first-order valence-electron chi connectivity index (χ1n) is 4.53. The second-order valence-electron chi connectivity index (χ2n) is 3.91. The molecule has 13 heavy (non-hydrogen) atoms. The molecule has 1 aromatic heterocycles. The lowest BCUT2D eigenvalue weighted by molar-refractivity contribution is 0.0952. The van der Waals surface area contributed by atoms with Gasteiger partial charge in [0.1, 0.15) is 0 Å². The highest BCUT2D eigenvalue weighted by Crippen LogP contribution is 2.29. The summed E-state index contributed by atoms with van der Waals surface area (Å²) in [6.07, 6.45) is 3.58. The molecular formula is C10H13NOS. The van der Waals surface area contributed by atoms with E-state index in [9.17, 15) is 4.79 Å². The number of carbonyl (C=O) groups excluding carboxylic acids is 1. The Hall–Kier alpha value is -0.700. The maximum Gasteiger partial charge on any atom is 0.165 e. The zero-order valence-corrected chi connectivity index (χ0v) is 8.77. The van der Waals surface area contributed by atoms with E-state index in [-0.39, 0.29) is 5.78 Å². The summed E-state index contributed by atoms with van der Waals surface area (Å²) in [5.41, 5.74) is 3.06. The number of hydrogen-bond donors (Lipinski definition) is 1. The summed E-state index contributed by atoms with van der Waals surface area (Å²) in [4.78, 5) is 11.7. The van der Waals surface area contributed by atoms with Crippen LogP contribution in [0, 0.1) is 12.8 Å². The quantitative estimate of drug-likeness (QED) is 0.630. The van der Waals surface area contributed by atoms with Crippen LogP contribution in [0.1, 0.15) is 35.0 Å². The van der Waals surface area contributed by atoms with Gasteiger partial charge in [-0.1, -0.05) is 19.7 Å². The van der Waals surface area contributed by atoms with Gasteiger partial charge < -0.3 is 0 Å². The molecule has 0 amide bonds. The van der Waals surface area contributed by atoms with Gasteiger partial charge in [-0.15, -0.1) is 0 Å². The molecule has 3 heteroatoms. The minimum Gasteiger partial charge on any atom is -0.297 e. The van der Waals surface area contributed by atoms with Crippen LogP contribution in [0.4, 0.5) is 0 Å². The fourth-order valence-corrected chi connectivity index (χ4v) is 2.42. The van der Waals surface area contributed by atoms with Crippen LogP contribution in [0.25, 0.3) is 0 Å². The molecule has 0 bridgehead atoms. The molecule has 0 N–H and O–H groups in total. The molecule has 0 aromatic carbocycles. The van der Waals surface area contributed by atoms with E-state index < -0.39 is 0 Å². The Balaban J connectivity index is 2.57. The van der Waals surface area contributed by atoms with Crippen LogP contribution >= 0.6 is 12.8 Å². The van der Waals surface area contributed by atoms with Gasteiger partial charge in [0.05, 0.1) is 0 Å². The Bertz CT molecular complexity index is 367. The molecular weight excluding hydrogens is 182 g/mol. The fourth-order valence-electron chi connectivity index (χ4n) is 2.07. The van der Waals surface area contributed by atoms with Gasteiger partial charge >= 0.3 is 0 Å². The normalized spacial score (nSPS) is 21.8. The molecule has 0 spiro atoms. The van der Waals surface area contributed by atoms with E-state index in [4.69, 9.17) is 0 Å². The molecule has 2 rings (SSSR count). The van der Waals surface area contributed by atoms with Crippen LogP contribution in [0.3, 0.4) is 0 Å². The van der Waals surface area contributed by atoms with Crippen LogP contribution in [0.15, 0.2) is 6.20 Å². The second kappa shape index (κ2) is 2.91. The molecule has 0 saturated heterocycles. The number of carbonyl (C=O) groups is 1. The average Bonchev–Trinajstić information content (AvgIpc) is 2.27. The minimum absolute atomic E-state index is 0.277.